The number of hydrogen-bond acceptors (Lipinski definition) is 5. The van der Waals surface area contributed by atoms with Crippen LogP contribution in [-0.2, 0) is 9.35 Å². The maximum atomic E-state index is 7.89. The molecular weight excluding hydrogens is 162 g/mol. The van der Waals surface area contributed by atoms with E-state index in [1.54, 1.807) is 0 Å². The third kappa shape index (κ3) is 4.41. The van der Waals surface area contributed by atoms with Gasteiger partial charge in [0.25, 0.3) is 0 Å². The molecule has 8 heteroatoms. The SMILES string of the molecule is OP1(O)(O)OO1.[AlH3].[H-].[H-].[Mg+2]. The van der Waals surface area contributed by atoms with Crippen LogP contribution >= 0.6 is 7.74 Å². The summed E-state index contributed by atoms with van der Waals surface area (Å²) in [5.41, 5.74) is 0. The van der Waals surface area contributed by atoms with E-state index in [4.69, 9.17) is 14.7 Å². The van der Waals surface area contributed by atoms with Gasteiger partial charge in [0.05, 0.1) is 0 Å². The Morgan fingerprint density at radius 3 is 1.25 bits per heavy atom. The molecule has 0 spiro atoms. The first-order valence-electron chi connectivity index (χ1n) is 1.13. The topological polar surface area (TPSA) is 85.8 Å². The first-order chi connectivity index (χ1) is 2.47. The fourth-order valence-corrected chi connectivity index (χ4v) is 0.402. The van der Waals surface area contributed by atoms with Gasteiger partial charge >= 0.3 is 54.8 Å². The second-order valence-corrected chi connectivity index (χ2v) is 2.95. The second kappa shape index (κ2) is 2.64. The minimum Gasteiger partial charge on any atom is -1.00 e. The van der Waals surface area contributed by atoms with Gasteiger partial charge in [-0.2, -0.15) is 0 Å². The van der Waals surface area contributed by atoms with Crippen molar-refractivity contribution in [2.75, 3.05) is 0 Å². The van der Waals surface area contributed by atoms with Crippen LogP contribution < -0.4 is 0 Å². The van der Waals surface area contributed by atoms with Gasteiger partial charge < -0.3 is 2.85 Å². The molecule has 0 atom stereocenters. The fourth-order valence-electron chi connectivity index (χ4n) is 0.0447. The smallest absolute Gasteiger partial charge is 1.00 e. The van der Waals surface area contributed by atoms with Crippen molar-refractivity contribution < 1.29 is 26.9 Å². The third-order valence-electron chi connectivity index (χ3n) is 0.275. The summed E-state index contributed by atoms with van der Waals surface area (Å²) in [5.74, 6) is 0. The van der Waals surface area contributed by atoms with E-state index in [2.05, 4.69) is 9.35 Å². The maximum absolute atomic E-state index is 7.89. The second-order valence-electron chi connectivity index (χ2n) is 0.982. The van der Waals surface area contributed by atoms with Crippen molar-refractivity contribution in [1.82, 2.24) is 0 Å². The van der Waals surface area contributed by atoms with Gasteiger partial charge in [-0.1, -0.05) is 0 Å². The molecule has 0 radical (unpaired) electrons. The molecule has 0 amide bonds. The molecule has 1 heterocycles. The molecule has 0 saturated carbocycles. The molecule has 1 saturated heterocycles. The number of hydrogen-bond donors (Lipinski definition) is 3. The molecule has 0 bridgehead atoms. The fraction of sp³-hybridized carbons (Fsp3) is 0. The molecule has 1 rings (SSSR count). The molecule has 5 nitrogen and oxygen atoms in total. The molecule has 0 unspecified atom stereocenters. The average Bonchev–Trinajstić information content (AvgIpc) is 1.73. The van der Waals surface area contributed by atoms with Gasteiger partial charge in [0.1, 0.15) is 0 Å². The normalized spacial score (nSPS) is 32.1. The van der Waals surface area contributed by atoms with Gasteiger partial charge in [0.2, 0.25) is 0 Å². The predicted octanol–water partition coefficient (Wildman–Crippen LogP) is -2.29. The van der Waals surface area contributed by atoms with E-state index in [0.717, 1.165) is 0 Å². The molecule has 8 heavy (non-hydrogen) atoms. The summed E-state index contributed by atoms with van der Waals surface area (Å²) in [5, 5.41) is 0. The molecule has 3 N–H and O–H groups in total. The van der Waals surface area contributed by atoms with E-state index in [1.807, 2.05) is 0 Å². The first kappa shape index (κ1) is 12.2. The van der Waals surface area contributed by atoms with Crippen LogP contribution in [0.3, 0.4) is 0 Å². The molecule has 1 fully saturated rings. The third-order valence-corrected chi connectivity index (χ3v) is 0.824. The summed E-state index contributed by atoms with van der Waals surface area (Å²) < 4.78 is 6.76. The molecule has 0 aromatic rings. The van der Waals surface area contributed by atoms with Crippen LogP contribution in [0.2, 0.25) is 0 Å². The molecule has 1 aliphatic rings. The van der Waals surface area contributed by atoms with Crippen molar-refractivity contribution in [3.05, 3.63) is 0 Å². The van der Waals surface area contributed by atoms with Crippen molar-refractivity contribution in [3.63, 3.8) is 0 Å². The van der Waals surface area contributed by atoms with Gasteiger partial charge in [0, 0.05) is 0 Å². The quantitative estimate of drug-likeness (QED) is 0.165. The summed E-state index contributed by atoms with van der Waals surface area (Å²) >= 11 is 0. The van der Waals surface area contributed by atoms with E-state index in [-0.39, 0.29) is 43.3 Å². The van der Waals surface area contributed by atoms with Crippen molar-refractivity contribution in [1.29, 1.82) is 0 Å². The first-order valence-corrected chi connectivity index (χ1v) is 3.06. The van der Waals surface area contributed by atoms with Crippen molar-refractivity contribution in [3.8, 4) is 0 Å². The Bertz CT molecular complexity index is 83.4. The molecular formula is H8AlMgO5P. The Hall–Kier alpha value is 1.53. The van der Waals surface area contributed by atoms with E-state index in [9.17, 15) is 0 Å². The predicted molar refractivity (Wildman–Crippen MR) is 33.7 cm³/mol. The van der Waals surface area contributed by atoms with E-state index in [0.29, 0.717) is 0 Å². The summed E-state index contributed by atoms with van der Waals surface area (Å²) in [6.45, 7) is 0. The zero-order chi connectivity index (χ0) is 4.86. The van der Waals surface area contributed by atoms with Crippen LogP contribution in [0.15, 0.2) is 0 Å². The molecule has 0 aliphatic carbocycles. The van der Waals surface area contributed by atoms with Crippen LogP contribution in [0.4, 0.5) is 0 Å². The molecule has 0 aromatic heterocycles. The standard InChI is InChI=1S/Al.Mg.H3O5P.5H/c;;1-6(2,3)4-5-6;;;;;/h;;1-3H;;;;;/q;+2;;;;;2*-1. The van der Waals surface area contributed by atoms with Crippen LogP contribution in [0, 0.1) is 0 Å². The van der Waals surface area contributed by atoms with Gasteiger partial charge in [0.15, 0.2) is 17.4 Å². The Kier molecular flexibility index (Phi) is 4.04. The Labute approximate surface area is 75.1 Å². The van der Waals surface area contributed by atoms with Crippen molar-refractivity contribution >= 4 is 48.2 Å². The Morgan fingerprint density at radius 2 is 1.25 bits per heavy atom. The minimum absolute atomic E-state index is 0. The molecule has 1 aliphatic heterocycles. The van der Waals surface area contributed by atoms with E-state index < -0.39 is 7.74 Å². The maximum Gasteiger partial charge on any atom is 2.00 e. The molecule has 0 aromatic carbocycles. The van der Waals surface area contributed by atoms with Crippen LogP contribution in [0.25, 0.3) is 0 Å². The zero-order valence-corrected chi connectivity index (χ0v) is 5.62. The minimum atomic E-state index is -4.80. The summed E-state index contributed by atoms with van der Waals surface area (Å²) in [6.07, 6.45) is 0. The Morgan fingerprint density at radius 1 is 1.12 bits per heavy atom. The van der Waals surface area contributed by atoms with E-state index in [1.165, 1.54) is 0 Å². The monoisotopic (exact) mass is 170 g/mol. The summed E-state index contributed by atoms with van der Waals surface area (Å²) in [6, 6.07) is 0. The van der Waals surface area contributed by atoms with Crippen molar-refractivity contribution in [2.24, 2.45) is 0 Å². The van der Waals surface area contributed by atoms with Crippen molar-refractivity contribution in [2.45, 2.75) is 0 Å². The summed E-state index contributed by atoms with van der Waals surface area (Å²) in [4.78, 5) is 23.7. The van der Waals surface area contributed by atoms with Crippen LogP contribution in [0.5, 0.6) is 0 Å². The van der Waals surface area contributed by atoms with Crippen LogP contribution in [0.1, 0.15) is 2.85 Å². The van der Waals surface area contributed by atoms with Gasteiger partial charge in [-0.15, -0.1) is 0 Å². The number of rotatable bonds is 0. The van der Waals surface area contributed by atoms with E-state index >= 15 is 0 Å². The van der Waals surface area contributed by atoms with Gasteiger partial charge in [-0.25, -0.2) is 0 Å². The molecule has 48 valence electrons. The largest absolute Gasteiger partial charge is 2.00 e. The Balaban J connectivity index is -0.0000000450. The zero-order valence-electron chi connectivity index (χ0n) is 5.31. The van der Waals surface area contributed by atoms with Gasteiger partial charge in [-0.3, -0.25) is 0 Å². The average molecular weight is 170 g/mol. The van der Waals surface area contributed by atoms with Gasteiger partial charge in [-0.05, 0) is 0 Å². The summed E-state index contributed by atoms with van der Waals surface area (Å²) in [7, 11) is -4.80. The van der Waals surface area contributed by atoms with Crippen LogP contribution in [-0.4, -0.2) is 55.1 Å².